The van der Waals surface area contributed by atoms with Crippen LogP contribution in [0.15, 0.2) is 41.0 Å². The normalized spacial score (nSPS) is 14.8. The molecule has 0 unspecified atom stereocenters. The monoisotopic (exact) mass is 205 g/mol. The Balaban J connectivity index is 1.91. The molecule has 1 aromatic rings. The fourth-order valence-electron chi connectivity index (χ4n) is 1.38. The van der Waals surface area contributed by atoms with Crippen molar-refractivity contribution in [2.45, 2.75) is 13.3 Å². The standard InChI is InChI=1S/C12H12FNO/c1-9-2-5-11(14-9)8-15-12-6-3-10(13)4-7-12/h3-7H,2,8H2,1H3. The highest BCUT2D eigenvalue weighted by Crippen LogP contribution is 2.15. The molecule has 0 fully saturated rings. The minimum absolute atomic E-state index is 0.253. The second-order valence-corrected chi connectivity index (χ2v) is 3.49. The number of halogens is 1. The van der Waals surface area contributed by atoms with Crippen LogP contribution in [0.2, 0.25) is 0 Å². The maximum atomic E-state index is 12.6. The summed E-state index contributed by atoms with van der Waals surface area (Å²) in [6.45, 7) is 2.43. The van der Waals surface area contributed by atoms with Crippen LogP contribution >= 0.6 is 0 Å². The van der Waals surface area contributed by atoms with Crippen molar-refractivity contribution in [3.63, 3.8) is 0 Å². The number of nitrogens with zero attached hydrogens (tertiary/aromatic N) is 1. The van der Waals surface area contributed by atoms with Crippen molar-refractivity contribution in [2.24, 2.45) is 4.99 Å². The van der Waals surface area contributed by atoms with Crippen molar-refractivity contribution in [3.8, 4) is 5.75 Å². The van der Waals surface area contributed by atoms with Crippen LogP contribution in [-0.4, -0.2) is 12.3 Å². The molecule has 3 heteroatoms. The first-order valence-electron chi connectivity index (χ1n) is 4.85. The maximum Gasteiger partial charge on any atom is 0.130 e. The van der Waals surface area contributed by atoms with Gasteiger partial charge in [-0.3, -0.25) is 4.99 Å². The Labute approximate surface area is 88.1 Å². The predicted molar refractivity (Wildman–Crippen MR) is 57.7 cm³/mol. The highest BCUT2D eigenvalue weighted by atomic mass is 19.1. The van der Waals surface area contributed by atoms with Crippen molar-refractivity contribution in [3.05, 3.63) is 41.9 Å². The number of hydrogen-bond donors (Lipinski definition) is 0. The lowest BCUT2D eigenvalue weighted by Gasteiger charge is -2.04. The Morgan fingerprint density at radius 3 is 2.67 bits per heavy atom. The number of ether oxygens (including phenoxy) is 1. The van der Waals surface area contributed by atoms with Crippen molar-refractivity contribution in [1.29, 1.82) is 0 Å². The second kappa shape index (κ2) is 4.26. The summed E-state index contributed by atoms with van der Waals surface area (Å²) in [5.74, 6) is 0.411. The molecule has 0 saturated carbocycles. The molecule has 0 atom stereocenters. The topological polar surface area (TPSA) is 21.6 Å². The first-order valence-corrected chi connectivity index (χ1v) is 4.85. The number of rotatable bonds is 3. The molecule has 0 aliphatic carbocycles. The highest BCUT2D eigenvalue weighted by molar-refractivity contribution is 5.86. The van der Waals surface area contributed by atoms with Gasteiger partial charge >= 0.3 is 0 Å². The third-order valence-electron chi connectivity index (χ3n) is 2.17. The van der Waals surface area contributed by atoms with E-state index in [0.29, 0.717) is 12.4 Å². The van der Waals surface area contributed by atoms with Crippen molar-refractivity contribution >= 4 is 5.71 Å². The molecule has 2 rings (SSSR count). The molecule has 0 amide bonds. The van der Waals surface area contributed by atoms with Crippen molar-refractivity contribution in [1.82, 2.24) is 0 Å². The Kier molecular flexibility index (Phi) is 2.81. The highest BCUT2D eigenvalue weighted by Gasteiger charge is 2.04. The van der Waals surface area contributed by atoms with Crippen LogP contribution in [0.25, 0.3) is 0 Å². The zero-order valence-electron chi connectivity index (χ0n) is 8.53. The summed E-state index contributed by atoms with van der Waals surface area (Å²) in [6, 6.07) is 5.99. The predicted octanol–water partition coefficient (Wildman–Crippen LogP) is 2.95. The van der Waals surface area contributed by atoms with Gasteiger partial charge in [-0.15, -0.1) is 0 Å². The summed E-state index contributed by atoms with van der Waals surface area (Å²) in [7, 11) is 0. The molecule has 0 bridgehead atoms. The Bertz CT molecular complexity index is 406. The molecule has 1 aliphatic heterocycles. The van der Waals surface area contributed by atoms with Gasteiger partial charge in [-0.1, -0.05) is 6.08 Å². The van der Waals surface area contributed by atoms with Gasteiger partial charge in [0, 0.05) is 12.1 Å². The van der Waals surface area contributed by atoms with E-state index in [1.807, 2.05) is 13.0 Å². The largest absolute Gasteiger partial charge is 0.487 e. The zero-order valence-corrected chi connectivity index (χ0v) is 8.53. The van der Waals surface area contributed by atoms with Gasteiger partial charge in [-0.05, 0) is 31.2 Å². The van der Waals surface area contributed by atoms with E-state index in [4.69, 9.17) is 4.74 Å². The zero-order chi connectivity index (χ0) is 10.7. The van der Waals surface area contributed by atoms with Crippen LogP contribution in [0, 0.1) is 5.82 Å². The second-order valence-electron chi connectivity index (χ2n) is 3.49. The third-order valence-corrected chi connectivity index (χ3v) is 2.17. The molecular formula is C12H12FNO. The minimum Gasteiger partial charge on any atom is -0.487 e. The fourth-order valence-corrected chi connectivity index (χ4v) is 1.38. The lowest BCUT2D eigenvalue weighted by molar-refractivity contribution is 0.350. The van der Waals surface area contributed by atoms with E-state index in [1.165, 1.54) is 12.1 Å². The molecule has 0 radical (unpaired) electrons. The Morgan fingerprint density at radius 2 is 2.07 bits per heavy atom. The van der Waals surface area contributed by atoms with Crippen LogP contribution in [0.3, 0.4) is 0 Å². The fraction of sp³-hybridized carbons (Fsp3) is 0.250. The smallest absolute Gasteiger partial charge is 0.130 e. The molecule has 0 N–H and O–H groups in total. The van der Waals surface area contributed by atoms with E-state index in [-0.39, 0.29) is 5.82 Å². The SMILES string of the molecule is CC1=NC(COc2ccc(F)cc2)=CC1. The minimum atomic E-state index is -0.253. The van der Waals surface area contributed by atoms with Gasteiger partial charge in [-0.2, -0.15) is 0 Å². The molecule has 78 valence electrons. The average molecular weight is 205 g/mol. The van der Waals surface area contributed by atoms with Gasteiger partial charge in [0.1, 0.15) is 18.2 Å². The third kappa shape index (κ3) is 2.65. The quantitative estimate of drug-likeness (QED) is 0.743. The van der Waals surface area contributed by atoms with Crippen LogP contribution in [-0.2, 0) is 0 Å². The van der Waals surface area contributed by atoms with E-state index < -0.39 is 0 Å². The van der Waals surface area contributed by atoms with Crippen LogP contribution < -0.4 is 4.74 Å². The van der Waals surface area contributed by atoms with Crippen molar-refractivity contribution < 1.29 is 9.13 Å². The van der Waals surface area contributed by atoms with E-state index in [2.05, 4.69) is 4.99 Å². The summed E-state index contributed by atoms with van der Waals surface area (Å²) < 4.78 is 18.0. The molecule has 2 nitrogen and oxygen atoms in total. The van der Waals surface area contributed by atoms with E-state index in [1.54, 1.807) is 12.1 Å². The first-order chi connectivity index (χ1) is 7.24. The summed E-state index contributed by atoms with van der Waals surface area (Å²) in [4.78, 5) is 4.30. The molecule has 1 aromatic carbocycles. The number of benzene rings is 1. The summed E-state index contributed by atoms with van der Waals surface area (Å²) in [5, 5.41) is 0. The number of hydrogen-bond acceptors (Lipinski definition) is 2. The van der Waals surface area contributed by atoms with Gasteiger partial charge in [-0.25, -0.2) is 4.39 Å². The van der Waals surface area contributed by atoms with E-state index in [9.17, 15) is 4.39 Å². The molecular weight excluding hydrogens is 193 g/mol. The number of aliphatic imine (C=N–C) groups is 1. The van der Waals surface area contributed by atoms with Crippen LogP contribution in [0.4, 0.5) is 4.39 Å². The van der Waals surface area contributed by atoms with Gasteiger partial charge in [0.15, 0.2) is 0 Å². The lowest BCUT2D eigenvalue weighted by Crippen LogP contribution is -1.98. The first kappa shape index (κ1) is 9.90. The van der Waals surface area contributed by atoms with Crippen molar-refractivity contribution in [2.75, 3.05) is 6.61 Å². The summed E-state index contributed by atoms with van der Waals surface area (Å²) in [5.41, 5.74) is 2.05. The van der Waals surface area contributed by atoms with Gasteiger partial charge < -0.3 is 4.74 Å². The average Bonchev–Trinajstić information content (AvgIpc) is 2.64. The molecule has 0 spiro atoms. The van der Waals surface area contributed by atoms with Gasteiger partial charge in [0.2, 0.25) is 0 Å². The Morgan fingerprint density at radius 1 is 1.33 bits per heavy atom. The summed E-state index contributed by atoms with van der Waals surface area (Å²) >= 11 is 0. The molecule has 0 saturated heterocycles. The van der Waals surface area contributed by atoms with Crippen LogP contribution in [0.1, 0.15) is 13.3 Å². The Hall–Kier alpha value is -1.64. The molecule has 1 aliphatic rings. The molecule has 1 heterocycles. The van der Waals surface area contributed by atoms with Gasteiger partial charge in [0.25, 0.3) is 0 Å². The molecule has 15 heavy (non-hydrogen) atoms. The maximum absolute atomic E-state index is 12.6. The van der Waals surface area contributed by atoms with Crippen LogP contribution in [0.5, 0.6) is 5.75 Å². The van der Waals surface area contributed by atoms with E-state index >= 15 is 0 Å². The van der Waals surface area contributed by atoms with E-state index in [0.717, 1.165) is 17.8 Å². The number of allylic oxidation sites excluding steroid dienone is 1. The summed E-state index contributed by atoms with van der Waals surface area (Å²) in [6.07, 6.45) is 2.95. The molecule has 0 aromatic heterocycles. The van der Waals surface area contributed by atoms with Gasteiger partial charge in [0.05, 0.1) is 5.70 Å². The lowest BCUT2D eigenvalue weighted by atomic mass is 10.3.